The fraction of sp³-hybridized carbons (Fsp3) is 0.231. The van der Waals surface area contributed by atoms with E-state index in [0.29, 0.717) is 5.95 Å². The monoisotopic (exact) mass is 241 g/mol. The van der Waals surface area contributed by atoms with Crippen molar-refractivity contribution in [1.82, 2.24) is 15.3 Å². The molecule has 0 bridgehead atoms. The lowest BCUT2D eigenvalue weighted by atomic mass is 10.2. The standard InChI is InChI=1S/C13H15N5/c1-8-4-2-3-5-10(8)16-12-9-6-15-7-11(9)17-13(14)18-12/h2-5,15H,6-7H2,1H3,(H3,14,16,17,18). The molecule has 5 heteroatoms. The molecule has 0 aliphatic carbocycles. The van der Waals surface area contributed by atoms with Crippen molar-refractivity contribution in [3.63, 3.8) is 0 Å². The van der Waals surface area contributed by atoms with E-state index in [1.807, 2.05) is 18.2 Å². The second-order valence-electron chi connectivity index (χ2n) is 4.40. The number of hydrogen-bond donors (Lipinski definition) is 3. The molecule has 92 valence electrons. The normalized spacial score (nSPS) is 13.4. The number of nitrogens with one attached hydrogen (secondary N) is 2. The lowest BCUT2D eigenvalue weighted by Gasteiger charge is -2.12. The van der Waals surface area contributed by atoms with Gasteiger partial charge in [-0.2, -0.15) is 4.98 Å². The van der Waals surface area contributed by atoms with E-state index in [4.69, 9.17) is 5.73 Å². The fourth-order valence-electron chi connectivity index (χ4n) is 2.13. The fourth-order valence-corrected chi connectivity index (χ4v) is 2.13. The smallest absolute Gasteiger partial charge is 0.222 e. The molecule has 0 spiro atoms. The van der Waals surface area contributed by atoms with Gasteiger partial charge in [-0.1, -0.05) is 18.2 Å². The molecule has 0 saturated heterocycles. The molecule has 0 amide bonds. The molecule has 2 heterocycles. The highest BCUT2D eigenvalue weighted by Gasteiger charge is 2.18. The molecule has 0 atom stereocenters. The highest BCUT2D eigenvalue weighted by atomic mass is 15.1. The van der Waals surface area contributed by atoms with Gasteiger partial charge < -0.3 is 16.4 Å². The van der Waals surface area contributed by atoms with Crippen LogP contribution >= 0.6 is 0 Å². The molecule has 1 aliphatic heterocycles. The number of hydrogen-bond acceptors (Lipinski definition) is 5. The second-order valence-corrected chi connectivity index (χ2v) is 4.40. The van der Waals surface area contributed by atoms with Crippen molar-refractivity contribution in [3.05, 3.63) is 41.1 Å². The van der Waals surface area contributed by atoms with Gasteiger partial charge in [-0.05, 0) is 18.6 Å². The van der Waals surface area contributed by atoms with Gasteiger partial charge in [-0.25, -0.2) is 4.98 Å². The number of benzene rings is 1. The molecular weight excluding hydrogens is 226 g/mol. The predicted molar refractivity (Wildman–Crippen MR) is 71.4 cm³/mol. The molecule has 3 rings (SSSR count). The Hall–Kier alpha value is -2.14. The molecule has 4 N–H and O–H groups in total. The summed E-state index contributed by atoms with van der Waals surface area (Å²) in [6.45, 7) is 3.60. The van der Waals surface area contributed by atoms with E-state index in [2.05, 4.69) is 33.6 Å². The summed E-state index contributed by atoms with van der Waals surface area (Å²) >= 11 is 0. The van der Waals surface area contributed by atoms with E-state index in [-0.39, 0.29) is 0 Å². The third-order valence-electron chi connectivity index (χ3n) is 3.10. The van der Waals surface area contributed by atoms with E-state index in [0.717, 1.165) is 35.9 Å². The zero-order chi connectivity index (χ0) is 12.5. The Morgan fingerprint density at radius 1 is 1.22 bits per heavy atom. The van der Waals surface area contributed by atoms with Gasteiger partial charge in [0.1, 0.15) is 5.82 Å². The summed E-state index contributed by atoms with van der Waals surface area (Å²) in [6.07, 6.45) is 0. The highest BCUT2D eigenvalue weighted by molar-refractivity contribution is 5.64. The van der Waals surface area contributed by atoms with Crippen molar-refractivity contribution in [2.24, 2.45) is 0 Å². The van der Waals surface area contributed by atoms with Crippen LogP contribution < -0.4 is 16.4 Å². The zero-order valence-electron chi connectivity index (χ0n) is 10.2. The van der Waals surface area contributed by atoms with E-state index >= 15 is 0 Å². The quantitative estimate of drug-likeness (QED) is 0.746. The number of nitrogens with two attached hydrogens (primary N) is 1. The van der Waals surface area contributed by atoms with Crippen molar-refractivity contribution in [1.29, 1.82) is 0 Å². The summed E-state index contributed by atoms with van der Waals surface area (Å²) < 4.78 is 0. The first-order valence-electron chi connectivity index (χ1n) is 5.92. The number of rotatable bonds is 2. The van der Waals surface area contributed by atoms with Crippen molar-refractivity contribution in [2.45, 2.75) is 20.0 Å². The van der Waals surface area contributed by atoms with Gasteiger partial charge in [0, 0.05) is 24.3 Å². The van der Waals surface area contributed by atoms with Crippen LogP contribution in [0.25, 0.3) is 0 Å². The van der Waals surface area contributed by atoms with Crippen LogP contribution in [-0.4, -0.2) is 9.97 Å². The Bertz CT molecular complexity index is 594. The number of aromatic nitrogens is 2. The molecule has 1 aromatic heterocycles. The second kappa shape index (κ2) is 4.27. The molecule has 1 aliphatic rings. The van der Waals surface area contributed by atoms with Crippen LogP contribution in [0, 0.1) is 6.92 Å². The maximum atomic E-state index is 5.73. The molecule has 18 heavy (non-hydrogen) atoms. The van der Waals surface area contributed by atoms with Crippen molar-refractivity contribution >= 4 is 17.5 Å². The number of nitrogens with zero attached hydrogens (tertiary/aromatic N) is 2. The van der Waals surface area contributed by atoms with Crippen LogP contribution in [0.1, 0.15) is 16.8 Å². The average molecular weight is 241 g/mol. The Balaban J connectivity index is 2.01. The third-order valence-corrected chi connectivity index (χ3v) is 3.10. The average Bonchev–Trinajstić information content (AvgIpc) is 2.80. The summed E-state index contributed by atoms with van der Waals surface area (Å²) in [5.41, 5.74) is 10.0. The molecule has 0 radical (unpaired) electrons. The molecule has 5 nitrogen and oxygen atoms in total. The summed E-state index contributed by atoms with van der Waals surface area (Å²) in [5, 5.41) is 6.60. The van der Waals surface area contributed by atoms with Crippen LogP contribution in [0.3, 0.4) is 0 Å². The molecule has 1 aromatic carbocycles. The molecule has 0 unspecified atom stereocenters. The van der Waals surface area contributed by atoms with Crippen molar-refractivity contribution < 1.29 is 0 Å². The lowest BCUT2D eigenvalue weighted by Crippen LogP contribution is -2.06. The Labute approximate surface area is 105 Å². The largest absolute Gasteiger partial charge is 0.368 e. The number of fused-ring (bicyclic) bond motifs is 1. The first-order chi connectivity index (χ1) is 8.74. The number of aryl methyl sites for hydroxylation is 1. The van der Waals surface area contributed by atoms with Gasteiger partial charge in [0.25, 0.3) is 0 Å². The van der Waals surface area contributed by atoms with Crippen LogP contribution in [0.15, 0.2) is 24.3 Å². The van der Waals surface area contributed by atoms with Crippen LogP contribution in [0.5, 0.6) is 0 Å². The van der Waals surface area contributed by atoms with Gasteiger partial charge in [-0.3, -0.25) is 0 Å². The van der Waals surface area contributed by atoms with Crippen LogP contribution in [0.2, 0.25) is 0 Å². The molecular formula is C13H15N5. The first-order valence-corrected chi connectivity index (χ1v) is 5.92. The summed E-state index contributed by atoms with van der Waals surface area (Å²) in [4.78, 5) is 8.54. The van der Waals surface area contributed by atoms with E-state index in [9.17, 15) is 0 Å². The zero-order valence-corrected chi connectivity index (χ0v) is 10.2. The van der Waals surface area contributed by atoms with Crippen molar-refractivity contribution in [3.8, 4) is 0 Å². The van der Waals surface area contributed by atoms with Gasteiger partial charge >= 0.3 is 0 Å². The number of para-hydroxylation sites is 1. The molecule has 2 aromatic rings. The number of anilines is 3. The summed E-state index contributed by atoms with van der Waals surface area (Å²) in [6, 6.07) is 8.10. The minimum atomic E-state index is 0.313. The van der Waals surface area contributed by atoms with E-state index in [1.165, 1.54) is 5.56 Å². The Morgan fingerprint density at radius 2 is 2.06 bits per heavy atom. The minimum Gasteiger partial charge on any atom is -0.368 e. The summed E-state index contributed by atoms with van der Waals surface area (Å²) in [7, 11) is 0. The van der Waals surface area contributed by atoms with E-state index < -0.39 is 0 Å². The maximum Gasteiger partial charge on any atom is 0.222 e. The minimum absolute atomic E-state index is 0.313. The van der Waals surface area contributed by atoms with Gasteiger partial charge in [0.05, 0.1) is 5.69 Å². The first kappa shape index (κ1) is 11.0. The van der Waals surface area contributed by atoms with Gasteiger partial charge in [0.2, 0.25) is 5.95 Å². The van der Waals surface area contributed by atoms with Crippen LogP contribution in [0.4, 0.5) is 17.5 Å². The Kier molecular flexibility index (Phi) is 2.60. The Morgan fingerprint density at radius 3 is 2.89 bits per heavy atom. The molecule has 0 fully saturated rings. The predicted octanol–water partition coefficient (Wildman–Crippen LogP) is 1.71. The number of nitrogen functional groups attached to an aromatic ring is 1. The molecule has 0 saturated carbocycles. The highest BCUT2D eigenvalue weighted by Crippen LogP contribution is 2.26. The summed E-state index contributed by atoms with van der Waals surface area (Å²) in [5.74, 6) is 1.12. The van der Waals surface area contributed by atoms with Crippen LogP contribution in [-0.2, 0) is 13.1 Å². The van der Waals surface area contributed by atoms with E-state index in [1.54, 1.807) is 0 Å². The lowest BCUT2D eigenvalue weighted by molar-refractivity contribution is 0.758. The van der Waals surface area contributed by atoms with Gasteiger partial charge in [0.15, 0.2) is 0 Å². The van der Waals surface area contributed by atoms with Crippen molar-refractivity contribution in [2.75, 3.05) is 11.1 Å². The SMILES string of the molecule is Cc1ccccc1Nc1nc(N)nc2c1CNC2. The van der Waals surface area contributed by atoms with Gasteiger partial charge in [-0.15, -0.1) is 0 Å². The maximum absolute atomic E-state index is 5.73. The topological polar surface area (TPSA) is 75.9 Å². The third kappa shape index (κ3) is 1.89.